The second kappa shape index (κ2) is 33.7. The summed E-state index contributed by atoms with van der Waals surface area (Å²) in [5.41, 5.74) is 0. The number of ether oxygens (including phenoxy) is 4. The smallest absolute Gasteiger partial charge is 0.306 e. The van der Waals surface area contributed by atoms with Gasteiger partial charge in [-0.1, -0.05) is 148 Å². The topological polar surface area (TPSA) is 135 Å². The standard InChI is InChI=1S/C41H78O9/c1-3-5-7-9-11-12-13-14-15-16-17-18-19-20-21-22-23-24-25-26-28-30-37(43)49-35(33-47-31-29-27-10-8-6-4-2)34-48-41-40(46)39(45)38(44)36(32-42)50-41/h16-17,35-36,38-42,44-46H,3-15,18-34H2,1-2H3/b17-16-. The van der Waals surface area contributed by atoms with Gasteiger partial charge in [0.05, 0.1) is 19.8 Å². The first-order valence-electron chi connectivity index (χ1n) is 20.8. The van der Waals surface area contributed by atoms with Gasteiger partial charge in [0.15, 0.2) is 6.29 Å². The van der Waals surface area contributed by atoms with Gasteiger partial charge in [-0.05, 0) is 38.5 Å². The minimum absolute atomic E-state index is 0.111. The van der Waals surface area contributed by atoms with Gasteiger partial charge in [-0.25, -0.2) is 0 Å². The van der Waals surface area contributed by atoms with E-state index in [2.05, 4.69) is 26.0 Å². The quantitative estimate of drug-likeness (QED) is 0.0290. The summed E-state index contributed by atoms with van der Waals surface area (Å²) in [7, 11) is 0. The van der Waals surface area contributed by atoms with Gasteiger partial charge in [-0.2, -0.15) is 0 Å². The van der Waals surface area contributed by atoms with E-state index in [1.807, 2.05) is 0 Å². The molecule has 6 atom stereocenters. The van der Waals surface area contributed by atoms with Crippen LogP contribution >= 0.6 is 0 Å². The Bertz CT molecular complexity index is 777. The zero-order valence-corrected chi connectivity index (χ0v) is 32.2. The largest absolute Gasteiger partial charge is 0.457 e. The van der Waals surface area contributed by atoms with E-state index in [-0.39, 0.29) is 19.2 Å². The Morgan fingerprint density at radius 1 is 0.620 bits per heavy atom. The Morgan fingerprint density at radius 2 is 1.10 bits per heavy atom. The summed E-state index contributed by atoms with van der Waals surface area (Å²) in [6, 6.07) is 0. The number of aliphatic hydroxyl groups is 4. The molecule has 0 amide bonds. The lowest BCUT2D eigenvalue weighted by Crippen LogP contribution is -2.59. The summed E-state index contributed by atoms with van der Waals surface area (Å²) < 4.78 is 22.6. The van der Waals surface area contributed by atoms with Crippen molar-refractivity contribution < 1.29 is 44.2 Å². The predicted octanol–water partition coefficient (Wildman–Crippen LogP) is 8.47. The highest BCUT2D eigenvalue weighted by atomic mass is 16.7. The number of carbonyl (C=O) groups is 1. The lowest BCUT2D eigenvalue weighted by atomic mass is 9.99. The van der Waals surface area contributed by atoms with E-state index in [1.165, 1.54) is 128 Å². The van der Waals surface area contributed by atoms with Crippen molar-refractivity contribution in [2.75, 3.05) is 26.4 Å². The summed E-state index contributed by atoms with van der Waals surface area (Å²) >= 11 is 0. The molecule has 0 aliphatic carbocycles. The van der Waals surface area contributed by atoms with Crippen molar-refractivity contribution in [1.29, 1.82) is 0 Å². The molecule has 0 radical (unpaired) electrons. The number of allylic oxidation sites excluding steroid dienone is 2. The third-order valence-corrected chi connectivity index (χ3v) is 9.68. The molecule has 0 aromatic rings. The molecule has 1 fully saturated rings. The van der Waals surface area contributed by atoms with Gasteiger partial charge in [-0.3, -0.25) is 4.79 Å². The first-order valence-corrected chi connectivity index (χ1v) is 20.8. The summed E-state index contributed by atoms with van der Waals surface area (Å²) in [5.74, 6) is -0.317. The molecule has 6 unspecified atom stereocenters. The van der Waals surface area contributed by atoms with Crippen LogP contribution in [-0.4, -0.2) is 89.6 Å². The molecular weight excluding hydrogens is 636 g/mol. The third kappa shape index (κ3) is 25.0. The number of unbranched alkanes of at least 4 members (excludes halogenated alkanes) is 22. The maximum absolute atomic E-state index is 12.7. The molecule has 0 aromatic carbocycles. The van der Waals surface area contributed by atoms with E-state index in [0.29, 0.717) is 13.0 Å². The van der Waals surface area contributed by atoms with Crippen LogP contribution in [0.2, 0.25) is 0 Å². The molecule has 296 valence electrons. The van der Waals surface area contributed by atoms with Crippen molar-refractivity contribution in [2.24, 2.45) is 0 Å². The first kappa shape index (κ1) is 47.0. The zero-order valence-electron chi connectivity index (χ0n) is 32.2. The molecule has 0 saturated carbocycles. The molecule has 9 nitrogen and oxygen atoms in total. The molecule has 1 aliphatic heterocycles. The summed E-state index contributed by atoms with van der Waals surface area (Å²) in [6.07, 6.45) is 28.3. The number of aliphatic hydroxyl groups excluding tert-OH is 4. The highest BCUT2D eigenvalue weighted by molar-refractivity contribution is 5.69. The van der Waals surface area contributed by atoms with Crippen LogP contribution in [-0.2, 0) is 23.7 Å². The molecule has 0 aromatic heterocycles. The Kier molecular flexibility index (Phi) is 31.7. The number of carbonyl (C=O) groups excluding carboxylic acids is 1. The second-order valence-corrected chi connectivity index (χ2v) is 14.4. The minimum Gasteiger partial charge on any atom is -0.457 e. The van der Waals surface area contributed by atoms with Crippen molar-refractivity contribution in [2.45, 2.75) is 218 Å². The van der Waals surface area contributed by atoms with Crippen LogP contribution in [0.25, 0.3) is 0 Å². The average molecular weight is 715 g/mol. The summed E-state index contributed by atoms with van der Waals surface area (Å²) in [5, 5.41) is 39.8. The van der Waals surface area contributed by atoms with E-state index in [0.717, 1.165) is 32.1 Å². The maximum Gasteiger partial charge on any atom is 0.306 e. The Labute approximate surface area is 305 Å². The van der Waals surface area contributed by atoms with Gasteiger partial charge in [0, 0.05) is 13.0 Å². The van der Waals surface area contributed by atoms with E-state index in [4.69, 9.17) is 18.9 Å². The number of esters is 1. The lowest BCUT2D eigenvalue weighted by Gasteiger charge is -2.39. The van der Waals surface area contributed by atoms with Crippen LogP contribution in [0.3, 0.4) is 0 Å². The molecule has 50 heavy (non-hydrogen) atoms. The normalized spacial score (nSPS) is 21.6. The SMILES string of the molecule is CCCCCCCCCC/C=C\CCCCCCCCCCCC(=O)OC(COCCCCCCCC)COC1OC(CO)C(O)C(O)C1O. The van der Waals surface area contributed by atoms with Crippen molar-refractivity contribution in [3.8, 4) is 0 Å². The number of hydrogen-bond acceptors (Lipinski definition) is 9. The fourth-order valence-corrected chi connectivity index (χ4v) is 6.37. The van der Waals surface area contributed by atoms with Crippen molar-refractivity contribution in [1.82, 2.24) is 0 Å². The summed E-state index contributed by atoms with van der Waals surface area (Å²) in [6.45, 7) is 4.51. The van der Waals surface area contributed by atoms with Crippen LogP contribution in [0, 0.1) is 0 Å². The second-order valence-electron chi connectivity index (χ2n) is 14.4. The molecule has 1 aliphatic rings. The molecular formula is C41H78O9. The van der Waals surface area contributed by atoms with E-state index in [1.54, 1.807) is 0 Å². The molecule has 0 spiro atoms. The maximum atomic E-state index is 12.7. The first-order chi connectivity index (χ1) is 24.4. The predicted molar refractivity (Wildman–Crippen MR) is 201 cm³/mol. The molecule has 9 heteroatoms. The van der Waals surface area contributed by atoms with Crippen LogP contribution < -0.4 is 0 Å². The van der Waals surface area contributed by atoms with Gasteiger partial charge in [-0.15, -0.1) is 0 Å². The lowest BCUT2D eigenvalue weighted by molar-refractivity contribution is -0.305. The molecule has 1 saturated heterocycles. The fourth-order valence-electron chi connectivity index (χ4n) is 6.37. The fraction of sp³-hybridized carbons (Fsp3) is 0.927. The van der Waals surface area contributed by atoms with Gasteiger partial charge >= 0.3 is 5.97 Å². The van der Waals surface area contributed by atoms with Gasteiger partial charge < -0.3 is 39.4 Å². The van der Waals surface area contributed by atoms with Gasteiger partial charge in [0.2, 0.25) is 0 Å². The van der Waals surface area contributed by atoms with Crippen LogP contribution in [0.15, 0.2) is 12.2 Å². The van der Waals surface area contributed by atoms with Crippen LogP contribution in [0.4, 0.5) is 0 Å². The molecule has 4 N–H and O–H groups in total. The van der Waals surface area contributed by atoms with Crippen LogP contribution in [0.5, 0.6) is 0 Å². The van der Waals surface area contributed by atoms with Gasteiger partial charge in [0.1, 0.15) is 30.5 Å². The number of hydrogen-bond donors (Lipinski definition) is 4. The monoisotopic (exact) mass is 715 g/mol. The molecule has 1 rings (SSSR count). The van der Waals surface area contributed by atoms with E-state index >= 15 is 0 Å². The number of rotatable bonds is 35. The van der Waals surface area contributed by atoms with Crippen molar-refractivity contribution >= 4 is 5.97 Å². The highest BCUT2D eigenvalue weighted by Crippen LogP contribution is 2.22. The minimum atomic E-state index is -1.53. The van der Waals surface area contributed by atoms with Crippen molar-refractivity contribution in [3.05, 3.63) is 12.2 Å². The highest BCUT2D eigenvalue weighted by Gasteiger charge is 2.44. The average Bonchev–Trinajstić information content (AvgIpc) is 3.11. The Hall–Kier alpha value is -1.07. The summed E-state index contributed by atoms with van der Waals surface area (Å²) in [4.78, 5) is 12.7. The van der Waals surface area contributed by atoms with Crippen LogP contribution in [0.1, 0.15) is 181 Å². The third-order valence-electron chi connectivity index (χ3n) is 9.68. The van der Waals surface area contributed by atoms with E-state index < -0.39 is 43.4 Å². The van der Waals surface area contributed by atoms with E-state index in [9.17, 15) is 25.2 Å². The zero-order chi connectivity index (χ0) is 36.5. The Balaban J connectivity index is 2.17. The molecule has 1 heterocycles. The van der Waals surface area contributed by atoms with Crippen molar-refractivity contribution in [3.63, 3.8) is 0 Å². The Morgan fingerprint density at radius 3 is 1.62 bits per heavy atom. The van der Waals surface area contributed by atoms with Gasteiger partial charge in [0.25, 0.3) is 0 Å². The molecule has 0 bridgehead atoms.